The minimum atomic E-state index is 0.125. The van der Waals surface area contributed by atoms with Gasteiger partial charge in [0.2, 0.25) is 0 Å². The Morgan fingerprint density at radius 3 is 3.05 bits per heavy atom. The number of benzene rings is 1. The molecule has 0 saturated heterocycles. The summed E-state index contributed by atoms with van der Waals surface area (Å²) in [7, 11) is 0. The highest BCUT2D eigenvalue weighted by molar-refractivity contribution is 7.08. The highest BCUT2D eigenvalue weighted by atomic mass is 32.1. The van der Waals surface area contributed by atoms with Crippen molar-refractivity contribution in [2.24, 2.45) is 4.99 Å². The van der Waals surface area contributed by atoms with E-state index < -0.39 is 0 Å². The van der Waals surface area contributed by atoms with Gasteiger partial charge in [0.15, 0.2) is 0 Å². The average Bonchev–Trinajstić information content (AvgIpc) is 3.10. The summed E-state index contributed by atoms with van der Waals surface area (Å²) >= 11 is 1.77. The second kappa shape index (κ2) is 4.20. The Labute approximate surface area is 117 Å². The van der Waals surface area contributed by atoms with Gasteiger partial charge in [0.25, 0.3) is 0 Å². The van der Waals surface area contributed by atoms with Gasteiger partial charge in [-0.15, -0.1) is 0 Å². The molecule has 1 N–H and O–H groups in total. The first kappa shape index (κ1) is 11.2. The number of nitrogens with zero attached hydrogens (tertiary/aromatic N) is 1. The zero-order valence-electron chi connectivity index (χ0n) is 10.7. The number of thiophene rings is 1. The fourth-order valence-corrected chi connectivity index (χ4v) is 3.97. The predicted octanol–water partition coefficient (Wildman–Crippen LogP) is 3.27. The molecule has 0 fully saturated rings. The van der Waals surface area contributed by atoms with Crippen LogP contribution in [0.4, 0.5) is 0 Å². The van der Waals surface area contributed by atoms with Crippen molar-refractivity contribution in [3.8, 4) is 11.1 Å². The van der Waals surface area contributed by atoms with Crippen LogP contribution >= 0.6 is 11.3 Å². The van der Waals surface area contributed by atoms with E-state index in [1.54, 1.807) is 11.3 Å². The normalized spacial score (nSPS) is 24.4. The van der Waals surface area contributed by atoms with E-state index in [1.165, 1.54) is 22.3 Å². The van der Waals surface area contributed by atoms with Gasteiger partial charge in [-0.1, -0.05) is 18.2 Å². The molecule has 2 nitrogen and oxygen atoms in total. The molecule has 2 aromatic rings. The number of aliphatic imine (C=N–C) groups is 1. The molecule has 0 amide bonds. The van der Waals surface area contributed by atoms with E-state index in [2.05, 4.69) is 45.3 Å². The van der Waals surface area contributed by atoms with Crippen molar-refractivity contribution in [2.75, 3.05) is 6.54 Å². The molecule has 2 aliphatic rings. The molecule has 0 saturated carbocycles. The molecule has 4 rings (SSSR count). The fraction of sp³-hybridized carbons (Fsp3) is 0.312. The van der Waals surface area contributed by atoms with Crippen LogP contribution in [-0.2, 0) is 12.8 Å². The van der Waals surface area contributed by atoms with Crippen LogP contribution in [0.5, 0.6) is 0 Å². The molecule has 96 valence electrons. The number of rotatable bonds is 1. The van der Waals surface area contributed by atoms with Gasteiger partial charge in [-0.3, -0.25) is 4.99 Å². The van der Waals surface area contributed by atoms with E-state index in [-0.39, 0.29) is 5.54 Å². The van der Waals surface area contributed by atoms with Gasteiger partial charge in [0, 0.05) is 6.54 Å². The summed E-state index contributed by atoms with van der Waals surface area (Å²) in [5.41, 5.74) is 5.93. The number of fused-ring (bicyclic) bond motifs is 1. The lowest BCUT2D eigenvalue weighted by Crippen LogP contribution is -2.38. The van der Waals surface area contributed by atoms with Gasteiger partial charge in [-0.2, -0.15) is 11.3 Å². The first-order valence-corrected chi connectivity index (χ1v) is 7.71. The van der Waals surface area contributed by atoms with E-state index in [1.807, 2.05) is 6.34 Å². The number of nitrogens with one attached hydrogen (secondary N) is 1. The van der Waals surface area contributed by atoms with E-state index in [4.69, 9.17) is 0 Å². The van der Waals surface area contributed by atoms with E-state index >= 15 is 0 Å². The van der Waals surface area contributed by atoms with Crippen LogP contribution in [-0.4, -0.2) is 18.4 Å². The van der Waals surface area contributed by atoms with Crippen LogP contribution in [0.3, 0.4) is 0 Å². The third-order valence-corrected chi connectivity index (χ3v) is 5.01. The van der Waals surface area contributed by atoms with Gasteiger partial charge in [0.05, 0.1) is 11.9 Å². The SMILES string of the molecule is C1=N[C@@]2(CCc3c(cccc3-c3ccsc3)C2)CN1. The van der Waals surface area contributed by atoms with Crippen molar-refractivity contribution in [3.63, 3.8) is 0 Å². The molecule has 1 aliphatic heterocycles. The van der Waals surface area contributed by atoms with Crippen LogP contribution in [0, 0.1) is 0 Å². The highest BCUT2D eigenvalue weighted by Gasteiger charge is 2.36. The third-order valence-electron chi connectivity index (χ3n) is 4.33. The maximum absolute atomic E-state index is 4.68. The maximum Gasteiger partial charge on any atom is 0.0840 e. The van der Waals surface area contributed by atoms with Crippen molar-refractivity contribution in [1.82, 2.24) is 5.32 Å². The smallest absolute Gasteiger partial charge is 0.0840 e. The van der Waals surface area contributed by atoms with Gasteiger partial charge in [-0.05, 0) is 58.3 Å². The molecule has 2 heterocycles. The van der Waals surface area contributed by atoms with Crippen molar-refractivity contribution in [1.29, 1.82) is 0 Å². The molecule has 3 heteroatoms. The Balaban J connectivity index is 1.78. The van der Waals surface area contributed by atoms with Crippen molar-refractivity contribution in [3.05, 3.63) is 46.2 Å². The summed E-state index contributed by atoms with van der Waals surface area (Å²) in [6.07, 6.45) is 5.25. The van der Waals surface area contributed by atoms with E-state index in [0.29, 0.717) is 0 Å². The minimum Gasteiger partial charge on any atom is -0.374 e. The number of hydrogen-bond acceptors (Lipinski definition) is 3. The summed E-state index contributed by atoms with van der Waals surface area (Å²) < 4.78 is 0. The summed E-state index contributed by atoms with van der Waals surface area (Å²) in [5, 5.41) is 7.67. The Bertz CT molecular complexity index is 630. The second-order valence-corrected chi connectivity index (χ2v) is 6.28. The van der Waals surface area contributed by atoms with Crippen molar-refractivity contribution < 1.29 is 0 Å². The molecule has 19 heavy (non-hydrogen) atoms. The molecular formula is C16H16N2S. The largest absolute Gasteiger partial charge is 0.374 e. The molecular weight excluding hydrogens is 252 g/mol. The van der Waals surface area contributed by atoms with Crippen LogP contribution < -0.4 is 5.32 Å². The molecule has 0 bridgehead atoms. The predicted molar refractivity (Wildman–Crippen MR) is 81.0 cm³/mol. The van der Waals surface area contributed by atoms with Gasteiger partial charge in [-0.25, -0.2) is 0 Å². The molecule has 1 aromatic heterocycles. The average molecular weight is 268 g/mol. The lowest BCUT2D eigenvalue weighted by molar-refractivity contribution is 0.395. The quantitative estimate of drug-likeness (QED) is 0.843. The Morgan fingerprint density at radius 2 is 2.26 bits per heavy atom. The van der Waals surface area contributed by atoms with Crippen LogP contribution in [0.15, 0.2) is 40.0 Å². The summed E-state index contributed by atoms with van der Waals surface area (Å²) in [6, 6.07) is 8.95. The molecule has 1 aromatic carbocycles. The second-order valence-electron chi connectivity index (χ2n) is 5.50. The first-order chi connectivity index (χ1) is 9.36. The topological polar surface area (TPSA) is 24.4 Å². The fourth-order valence-electron chi connectivity index (χ4n) is 3.31. The lowest BCUT2D eigenvalue weighted by Gasteiger charge is -2.32. The Kier molecular flexibility index (Phi) is 2.49. The molecule has 0 radical (unpaired) electrons. The lowest BCUT2D eigenvalue weighted by atomic mass is 9.76. The molecule has 0 unspecified atom stereocenters. The van der Waals surface area contributed by atoms with E-state index in [0.717, 1.165) is 25.8 Å². The Morgan fingerprint density at radius 1 is 1.26 bits per heavy atom. The molecule has 1 spiro atoms. The minimum absolute atomic E-state index is 0.125. The van der Waals surface area contributed by atoms with Crippen molar-refractivity contribution in [2.45, 2.75) is 24.8 Å². The van der Waals surface area contributed by atoms with Gasteiger partial charge >= 0.3 is 0 Å². The standard InChI is InChI=1S/C16H16N2S/c1-2-12-8-16(10-17-11-18-16)6-4-15(12)14(3-1)13-5-7-19-9-13/h1-3,5,7,9,11H,4,6,8,10H2,(H,17,18)/t16-/m1/s1. The molecule has 1 atom stereocenters. The summed E-state index contributed by atoms with van der Waals surface area (Å²) in [6.45, 7) is 0.995. The first-order valence-electron chi connectivity index (χ1n) is 6.77. The summed E-state index contributed by atoms with van der Waals surface area (Å²) in [4.78, 5) is 4.68. The van der Waals surface area contributed by atoms with Crippen molar-refractivity contribution >= 4 is 17.7 Å². The van der Waals surface area contributed by atoms with Gasteiger partial charge < -0.3 is 5.32 Å². The van der Waals surface area contributed by atoms with Crippen LogP contribution in [0.1, 0.15) is 17.5 Å². The summed E-state index contributed by atoms with van der Waals surface area (Å²) in [5.74, 6) is 0. The highest BCUT2D eigenvalue weighted by Crippen LogP contribution is 2.37. The van der Waals surface area contributed by atoms with Crippen LogP contribution in [0.2, 0.25) is 0 Å². The Hall–Kier alpha value is -1.61. The number of hydrogen-bond donors (Lipinski definition) is 1. The molecule has 1 aliphatic carbocycles. The van der Waals surface area contributed by atoms with Gasteiger partial charge in [0.1, 0.15) is 0 Å². The monoisotopic (exact) mass is 268 g/mol. The third kappa shape index (κ3) is 1.80. The zero-order valence-corrected chi connectivity index (χ0v) is 11.5. The van der Waals surface area contributed by atoms with E-state index in [9.17, 15) is 0 Å². The van der Waals surface area contributed by atoms with Crippen LogP contribution in [0.25, 0.3) is 11.1 Å². The maximum atomic E-state index is 4.68. The zero-order chi connectivity index (χ0) is 12.7.